The fraction of sp³-hybridized carbons (Fsp3) is 0.500. The Kier molecular flexibility index (Phi) is 2.94. The summed E-state index contributed by atoms with van der Waals surface area (Å²) >= 11 is 13.1. The molecule has 1 aromatic carbocycles. The molecule has 0 aromatic heterocycles. The van der Waals surface area contributed by atoms with Crippen LogP contribution in [0.3, 0.4) is 0 Å². The van der Waals surface area contributed by atoms with Gasteiger partial charge in [-0.05, 0) is 24.0 Å². The van der Waals surface area contributed by atoms with E-state index in [1.807, 2.05) is 6.07 Å². The topological polar surface area (TPSA) is 18.5 Å². The molecule has 1 aromatic rings. The second kappa shape index (κ2) is 4.48. The number of rotatable bonds is 0. The summed E-state index contributed by atoms with van der Waals surface area (Å²) in [4.78, 5) is 0. The Balaban J connectivity index is 1.72. The van der Waals surface area contributed by atoms with Gasteiger partial charge < -0.3 is 9.47 Å². The van der Waals surface area contributed by atoms with Crippen LogP contribution in [0.5, 0.6) is 0 Å². The molecule has 4 heteroatoms. The highest BCUT2D eigenvalue weighted by molar-refractivity contribution is 6.56. The molecular weight excluding hydrogens is 295 g/mol. The summed E-state index contributed by atoms with van der Waals surface area (Å²) in [6, 6.07) is 8.29. The highest BCUT2D eigenvalue weighted by Crippen LogP contribution is 2.58. The Bertz CT molecular complexity index is 578. The van der Waals surface area contributed by atoms with Crippen LogP contribution in [0.1, 0.15) is 36.8 Å². The molecule has 2 spiro atoms. The van der Waals surface area contributed by atoms with Crippen LogP contribution in [0.2, 0.25) is 0 Å². The van der Waals surface area contributed by atoms with Crippen molar-refractivity contribution in [2.24, 2.45) is 0 Å². The molecule has 1 saturated heterocycles. The highest BCUT2D eigenvalue weighted by atomic mass is 35.5. The van der Waals surface area contributed by atoms with Gasteiger partial charge in [-0.25, -0.2) is 0 Å². The van der Waals surface area contributed by atoms with Gasteiger partial charge in [-0.2, -0.15) is 0 Å². The standard InChI is InChI=1S/C16H16Cl2O2/c17-13-11-3-1-2-4-12(11)15(14(13)18)5-7-16(8-6-15)19-9-10-20-16/h1-4H,5-10H2. The number of fused-ring (bicyclic) bond motifs is 2. The molecule has 2 fully saturated rings. The lowest BCUT2D eigenvalue weighted by Gasteiger charge is -2.42. The molecule has 2 aliphatic carbocycles. The van der Waals surface area contributed by atoms with E-state index in [1.54, 1.807) is 0 Å². The molecular formula is C16H16Cl2O2. The van der Waals surface area contributed by atoms with Gasteiger partial charge in [0, 0.05) is 23.3 Å². The lowest BCUT2D eigenvalue weighted by atomic mass is 9.69. The molecule has 0 bridgehead atoms. The normalized spacial score (nSPS) is 26.5. The van der Waals surface area contributed by atoms with Crippen molar-refractivity contribution in [1.82, 2.24) is 0 Å². The largest absolute Gasteiger partial charge is 0.348 e. The molecule has 1 saturated carbocycles. The number of ether oxygens (including phenoxy) is 2. The summed E-state index contributed by atoms with van der Waals surface area (Å²) in [7, 11) is 0. The van der Waals surface area contributed by atoms with Gasteiger partial charge in [0.2, 0.25) is 0 Å². The first-order chi connectivity index (χ1) is 9.67. The molecule has 1 heterocycles. The second-order valence-electron chi connectivity index (χ2n) is 5.86. The maximum Gasteiger partial charge on any atom is 0.168 e. The lowest BCUT2D eigenvalue weighted by Crippen LogP contribution is -2.41. The van der Waals surface area contributed by atoms with Crippen molar-refractivity contribution in [2.45, 2.75) is 36.9 Å². The van der Waals surface area contributed by atoms with Gasteiger partial charge in [0.25, 0.3) is 0 Å². The highest BCUT2D eigenvalue weighted by Gasteiger charge is 2.51. The molecule has 3 aliphatic rings. The summed E-state index contributed by atoms with van der Waals surface area (Å²) in [5.74, 6) is -0.369. The first-order valence-electron chi connectivity index (χ1n) is 7.11. The van der Waals surface area contributed by atoms with Crippen molar-refractivity contribution in [3.8, 4) is 0 Å². The van der Waals surface area contributed by atoms with Crippen LogP contribution in [-0.2, 0) is 14.9 Å². The maximum absolute atomic E-state index is 6.62. The van der Waals surface area contributed by atoms with E-state index in [0.717, 1.165) is 36.3 Å². The summed E-state index contributed by atoms with van der Waals surface area (Å²) in [5.41, 5.74) is 2.22. The van der Waals surface area contributed by atoms with E-state index >= 15 is 0 Å². The van der Waals surface area contributed by atoms with Crippen molar-refractivity contribution >= 4 is 28.2 Å². The van der Waals surface area contributed by atoms with Gasteiger partial charge in [0.15, 0.2) is 5.79 Å². The predicted octanol–water partition coefficient (Wildman–Crippen LogP) is 4.40. The Morgan fingerprint density at radius 3 is 2.25 bits per heavy atom. The Morgan fingerprint density at radius 2 is 1.55 bits per heavy atom. The van der Waals surface area contributed by atoms with Crippen molar-refractivity contribution in [2.75, 3.05) is 13.2 Å². The van der Waals surface area contributed by atoms with Gasteiger partial charge in [0.05, 0.1) is 18.2 Å². The molecule has 0 amide bonds. The number of allylic oxidation sites excluding steroid dienone is 1. The Hall–Kier alpha value is -0.540. The number of hydrogen-bond donors (Lipinski definition) is 0. The molecule has 0 atom stereocenters. The predicted molar refractivity (Wildman–Crippen MR) is 79.8 cm³/mol. The average molecular weight is 311 g/mol. The third-order valence-corrected chi connectivity index (χ3v) is 6.01. The zero-order chi connectivity index (χ0) is 13.8. The van der Waals surface area contributed by atoms with E-state index in [9.17, 15) is 0 Å². The third kappa shape index (κ3) is 1.66. The fourth-order valence-electron chi connectivity index (χ4n) is 3.87. The molecule has 106 valence electrons. The van der Waals surface area contributed by atoms with E-state index in [-0.39, 0.29) is 11.2 Å². The van der Waals surface area contributed by atoms with Crippen LogP contribution in [-0.4, -0.2) is 19.0 Å². The van der Waals surface area contributed by atoms with Crippen LogP contribution >= 0.6 is 23.2 Å². The zero-order valence-electron chi connectivity index (χ0n) is 11.1. The molecule has 2 nitrogen and oxygen atoms in total. The fourth-order valence-corrected chi connectivity index (χ4v) is 4.61. The van der Waals surface area contributed by atoms with Crippen molar-refractivity contribution in [3.63, 3.8) is 0 Å². The van der Waals surface area contributed by atoms with Crippen molar-refractivity contribution < 1.29 is 9.47 Å². The second-order valence-corrected chi connectivity index (χ2v) is 6.62. The van der Waals surface area contributed by atoms with Gasteiger partial charge in [0.1, 0.15) is 0 Å². The number of benzene rings is 1. The minimum Gasteiger partial charge on any atom is -0.348 e. The first kappa shape index (κ1) is 13.1. The molecule has 1 aliphatic heterocycles. The van der Waals surface area contributed by atoms with Crippen LogP contribution < -0.4 is 0 Å². The van der Waals surface area contributed by atoms with Gasteiger partial charge in [-0.15, -0.1) is 0 Å². The molecule has 0 N–H and O–H groups in total. The van der Waals surface area contributed by atoms with E-state index in [1.165, 1.54) is 5.56 Å². The molecule has 0 unspecified atom stereocenters. The minimum absolute atomic E-state index is 0.129. The van der Waals surface area contributed by atoms with E-state index in [4.69, 9.17) is 32.7 Å². The monoisotopic (exact) mass is 310 g/mol. The number of halogens is 2. The van der Waals surface area contributed by atoms with Crippen LogP contribution in [0, 0.1) is 0 Å². The van der Waals surface area contributed by atoms with E-state index < -0.39 is 0 Å². The minimum atomic E-state index is -0.369. The van der Waals surface area contributed by atoms with Gasteiger partial charge in [-0.1, -0.05) is 47.5 Å². The lowest BCUT2D eigenvalue weighted by molar-refractivity contribution is -0.182. The number of hydrogen-bond acceptors (Lipinski definition) is 2. The Labute approximate surface area is 128 Å². The van der Waals surface area contributed by atoms with E-state index in [2.05, 4.69) is 18.2 Å². The maximum atomic E-state index is 6.62. The van der Waals surface area contributed by atoms with Crippen molar-refractivity contribution in [1.29, 1.82) is 0 Å². The average Bonchev–Trinajstić information content (AvgIpc) is 3.02. The van der Waals surface area contributed by atoms with Crippen LogP contribution in [0.25, 0.3) is 5.03 Å². The third-order valence-electron chi connectivity index (χ3n) is 4.97. The summed E-state index contributed by atoms with van der Waals surface area (Å²) in [5, 5.41) is 1.51. The molecule has 4 rings (SSSR count). The smallest absolute Gasteiger partial charge is 0.168 e. The van der Waals surface area contributed by atoms with Gasteiger partial charge >= 0.3 is 0 Å². The SMILES string of the molecule is ClC1=C(Cl)C2(CCC3(CC2)OCCO3)c2ccccc21. The first-order valence-corrected chi connectivity index (χ1v) is 7.86. The molecule has 0 radical (unpaired) electrons. The summed E-state index contributed by atoms with van der Waals surface area (Å²) in [6.07, 6.45) is 3.61. The summed E-state index contributed by atoms with van der Waals surface area (Å²) < 4.78 is 11.6. The van der Waals surface area contributed by atoms with E-state index in [0.29, 0.717) is 18.2 Å². The zero-order valence-corrected chi connectivity index (χ0v) is 12.6. The van der Waals surface area contributed by atoms with Crippen LogP contribution in [0.15, 0.2) is 29.3 Å². The quantitative estimate of drug-likeness (QED) is 0.707. The Morgan fingerprint density at radius 1 is 0.900 bits per heavy atom. The van der Waals surface area contributed by atoms with Gasteiger partial charge in [-0.3, -0.25) is 0 Å². The van der Waals surface area contributed by atoms with Crippen LogP contribution in [0.4, 0.5) is 0 Å². The molecule has 20 heavy (non-hydrogen) atoms. The van der Waals surface area contributed by atoms with Crippen molar-refractivity contribution in [3.05, 3.63) is 40.4 Å². The summed E-state index contributed by atoms with van der Waals surface area (Å²) in [6.45, 7) is 1.40.